The van der Waals surface area contributed by atoms with Gasteiger partial charge in [-0.15, -0.1) is 0 Å². The summed E-state index contributed by atoms with van der Waals surface area (Å²) in [5.41, 5.74) is 1.02. The van der Waals surface area contributed by atoms with Crippen molar-refractivity contribution in [3.63, 3.8) is 0 Å². The number of nitrogens with one attached hydrogen (secondary N) is 1. The van der Waals surface area contributed by atoms with E-state index in [1.807, 2.05) is 19.9 Å². The lowest BCUT2D eigenvalue weighted by Gasteiger charge is -2.32. The topological polar surface area (TPSA) is 44.3 Å². The third-order valence-electron chi connectivity index (χ3n) is 3.30. The third-order valence-corrected chi connectivity index (χ3v) is 3.30. The first-order chi connectivity index (χ1) is 8.63. The molecule has 0 saturated carbocycles. The minimum Gasteiger partial charge on any atom is -0.369 e. The number of likely N-dealkylation sites (N-methyl/N-ethyl adjacent to an activating group) is 1. The van der Waals surface area contributed by atoms with Crippen molar-refractivity contribution in [3.8, 4) is 0 Å². The molecule has 1 N–H and O–H groups in total. The summed E-state index contributed by atoms with van der Waals surface area (Å²) in [6, 6.07) is 2.00. The first-order valence-corrected chi connectivity index (χ1v) is 6.60. The lowest BCUT2D eigenvalue weighted by molar-refractivity contribution is 0.158. The molecule has 1 aromatic rings. The summed E-state index contributed by atoms with van der Waals surface area (Å²) < 4.78 is 0. The fraction of sp³-hybridized carbons (Fsp3) is 0.692. The van der Waals surface area contributed by atoms with Gasteiger partial charge in [0.15, 0.2) is 0 Å². The minimum atomic E-state index is 0.831. The maximum absolute atomic E-state index is 4.38. The Balaban J connectivity index is 1.74. The monoisotopic (exact) mass is 249 g/mol. The van der Waals surface area contributed by atoms with Gasteiger partial charge in [-0.25, -0.2) is 9.97 Å². The van der Waals surface area contributed by atoms with Crippen molar-refractivity contribution < 1.29 is 0 Å². The van der Waals surface area contributed by atoms with E-state index in [9.17, 15) is 0 Å². The van der Waals surface area contributed by atoms with Crippen LogP contribution in [0.4, 0.5) is 5.82 Å². The molecule has 1 aliphatic heterocycles. The van der Waals surface area contributed by atoms with E-state index in [1.165, 1.54) is 26.2 Å². The lowest BCUT2D eigenvalue weighted by Crippen LogP contribution is -2.45. The number of nitrogens with zero attached hydrogens (tertiary/aromatic N) is 4. The van der Waals surface area contributed by atoms with Crippen molar-refractivity contribution >= 4 is 5.82 Å². The van der Waals surface area contributed by atoms with E-state index in [4.69, 9.17) is 0 Å². The second kappa shape index (κ2) is 6.11. The Labute approximate surface area is 109 Å². The van der Waals surface area contributed by atoms with Crippen molar-refractivity contribution in [1.29, 1.82) is 0 Å². The molecule has 5 heteroatoms. The second-order valence-electron chi connectivity index (χ2n) is 5.01. The lowest BCUT2D eigenvalue weighted by atomic mass is 10.3. The van der Waals surface area contributed by atoms with E-state index >= 15 is 0 Å². The van der Waals surface area contributed by atoms with Gasteiger partial charge in [0.2, 0.25) is 0 Å². The van der Waals surface area contributed by atoms with Gasteiger partial charge in [0.05, 0.1) is 0 Å². The van der Waals surface area contributed by atoms with Crippen molar-refractivity contribution in [2.45, 2.75) is 13.8 Å². The number of aromatic nitrogens is 2. The Morgan fingerprint density at radius 1 is 1.17 bits per heavy atom. The van der Waals surface area contributed by atoms with Gasteiger partial charge in [-0.1, -0.05) is 0 Å². The molecule has 0 amide bonds. The van der Waals surface area contributed by atoms with Gasteiger partial charge >= 0.3 is 0 Å². The van der Waals surface area contributed by atoms with E-state index in [0.717, 1.165) is 30.4 Å². The largest absolute Gasteiger partial charge is 0.369 e. The number of hydrogen-bond acceptors (Lipinski definition) is 5. The Morgan fingerprint density at radius 2 is 1.89 bits per heavy atom. The molecule has 0 radical (unpaired) electrons. The van der Waals surface area contributed by atoms with Gasteiger partial charge in [0, 0.05) is 51.0 Å². The van der Waals surface area contributed by atoms with Crippen LogP contribution in [0.25, 0.3) is 0 Å². The molecular formula is C13H23N5. The maximum Gasteiger partial charge on any atom is 0.129 e. The number of piperazine rings is 1. The molecule has 2 heterocycles. The Bertz CT molecular complexity index is 365. The molecule has 18 heavy (non-hydrogen) atoms. The summed E-state index contributed by atoms with van der Waals surface area (Å²) in [5.74, 6) is 1.77. The molecule has 1 aliphatic rings. The summed E-state index contributed by atoms with van der Waals surface area (Å²) >= 11 is 0. The summed E-state index contributed by atoms with van der Waals surface area (Å²) in [6.07, 6.45) is 0. The molecular weight excluding hydrogens is 226 g/mol. The van der Waals surface area contributed by atoms with E-state index in [1.54, 1.807) is 0 Å². The number of rotatable bonds is 4. The van der Waals surface area contributed by atoms with Crippen LogP contribution >= 0.6 is 0 Å². The quantitative estimate of drug-likeness (QED) is 0.853. The molecule has 5 nitrogen and oxygen atoms in total. The van der Waals surface area contributed by atoms with Crippen LogP contribution in [0.15, 0.2) is 6.07 Å². The highest BCUT2D eigenvalue weighted by atomic mass is 15.2. The van der Waals surface area contributed by atoms with Crippen LogP contribution in [0.2, 0.25) is 0 Å². The van der Waals surface area contributed by atoms with Crippen molar-refractivity contribution in [1.82, 2.24) is 19.8 Å². The van der Waals surface area contributed by atoms with Crippen molar-refractivity contribution in [2.24, 2.45) is 0 Å². The third kappa shape index (κ3) is 3.92. The molecule has 1 aromatic heterocycles. The van der Waals surface area contributed by atoms with Gasteiger partial charge in [0.25, 0.3) is 0 Å². The number of anilines is 1. The van der Waals surface area contributed by atoms with Crippen LogP contribution in [-0.4, -0.2) is 66.1 Å². The Hall–Kier alpha value is -1.20. The normalized spacial score (nSPS) is 17.9. The first-order valence-electron chi connectivity index (χ1n) is 6.60. The summed E-state index contributed by atoms with van der Waals surface area (Å²) in [4.78, 5) is 13.5. The van der Waals surface area contributed by atoms with Crippen LogP contribution in [0.3, 0.4) is 0 Å². The van der Waals surface area contributed by atoms with Crippen LogP contribution in [-0.2, 0) is 0 Å². The molecule has 1 fully saturated rings. The highest BCUT2D eigenvalue weighted by Crippen LogP contribution is 2.05. The van der Waals surface area contributed by atoms with Gasteiger partial charge in [-0.3, -0.25) is 4.90 Å². The summed E-state index contributed by atoms with van der Waals surface area (Å²) in [6.45, 7) is 10.6. The van der Waals surface area contributed by atoms with Crippen molar-refractivity contribution in [2.75, 3.05) is 51.6 Å². The minimum absolute atomic E-state index is 0.831. The zero-order valence-corrected chi connectivity index (χ0v) is 11.6. The van der Waals surface area contributed by atoms with Crippen LogP contribution < -0.4 is 5.32 Å². The fourth-order valence-electron chi connectivity index (χ4n) is 2.22. The molecule has 1 saturated heterocycles. The van der Waals surface area contributed by atoms with E-state index in [2.05, 4.69) is 32.1 Å². The average molecular weight is 249 g/mol. The smallest absolute Gasteiger partial charge is 0.129 e. The zero-order valence-electron chi connectivity index (χ0n) is 11.6. The average Bonchev–Trinajstić information content (AvgIpc) is 2.30. The van der Waals surface area contributed by atoms with Crippen LogP contribution in [0.1, 0.15) is 11.5 Å². The van der Waals surface area contributed by atoms with Crippen molar-refractivity contribution in [3.05, 3.63) is 17.6 Å². The van der Waals surface area contributed by atoms with Crippen LogP contribution in [0, 0.1) is 13.8 Å². The summed E-state index contributed by atoms with van der Waals surface area (Å²) in [5, 5.41) is 3.38. The molecule has 100 valence electrons. The van der Waals surface area contributed by atoms with Gasteiger partial charge in [-0.2, -0.15) is 0 Å². The van der Waals surface area contributed by atoms with E-state index in [-0.39, 0.29) is 0 Å². The fourth-order valence-corrected chi connectivity index (χ4v) is 2.22. The Morgan fingerprint density at radius 3 is 2.56 bits per heavy atom. The van der Waals surface area contributed by atoms with E-state index < -0.39 is 0 Å². The molecule has 2 rings (SSSR count). The Kier molecular flexibility index (Phi) is 4.49. The first kappa shape index (κ1) is 13.2. The number of aryl methyl sites for hydroxylation is 2. The van der Waals surface area contributed by atoms with Gasteiger partial charge in [0.1, 0.15) is 11.6 Å². The van der Waals surface area contributed by atoms with Gasteiger partial charge in [-0.05, 0) is 20.9 Å². The standard InChI is InChI=1S/C13H23N5/c1-11-10-13(16-12(2)15-11)14-4-5-18-8-6-17(3)7-9-18/h10H,4-9H2,1-3H3,(H,14,15,16). The molecule has 0 aromatic carbocycles. The maximum atomic E-state index is 4.38. The second-order valence-corrected chi connectivity index (χ2v) is 5.01. The predicted octanol–water partition coefficient (Wildman–Crippen LogP) is 0.753. The highest BCUT2D eigenvalue weighted by Gasteiger charge is 2.12. The molecule has 0 atom stereocenters. The highest BCUT2D eigenvalue weighted by molar-refractivity contribution is 5.35. The zero-order chi connectivity index (χ0) is 13.0. The SMILES string of the molecule is Cc1cc(NCCN2CCN(C)CC2)nc(C)n1. The van der Waals surface area contributed by atoms with E-state index in [0.29, 0.717) is 0 Å². The molecule has 0 unspecified atom stereocenters. The van der Waals surface area contributed by atoms with Crippen LogP contribution in [0.5, 0.6) is 0 Å². The summed E-state index contributed by atoms with van der Waals surface area (Å²) in [7, 11) is 2.18. The number of hydrogen-bond donors (Lipinski definition) is 1. The molecule has 0 bridgehead atoms. The molecule has 0 spiro atoms. The van der Waals surface area contributed by atoms with Gasteiger partial charge < -0.3 is 10.2 Å². The molecule has 0 aliphatic carbocycles. The predicted molar refractivity (Wildman–Crippen MR) is 73.9 cm³/mol.